The van der Waals surface area contributed by atoms with Crippen LogP contribution >= 0.6 is 8.25 Å². The van der Waals surface area contributed by atoms with Crippen LogP contribution in [0.15, 0.2) is 0 Å². The summed E-state index contributed by atoms with van der Waals surface area (Å²) in [6.07, 6.45) is 0.810. The summed E-state index contributed by atoms with van der Waals surface area (Å²) in [6.45, 7) is 2.33. The Bertz CT molecular complexity index is 101. The summed E-state index contributed by atoms with van der Waals surface area (Å²) < 4.78 is 18.5. The van der Waals surface area contributed by atoms with E-state index in [1.807, 2.05) is 6.92 Å². The maximum Gasteiger partial charge on any atom is 1.00 e. The second kappa shape index (κ2) is 24.3. The molecule has 56 valence electrons. The topological polar surface area (TPSA) is 61.5 Å². The van der Waals surface area contributed by atoms with Gasteiger partial charge in [0.2, 0.25) is 0 Å². The smallest absolute Gasteiger partial charge is 1.00 e. The van der Waals surface area contributed by atoms with Crippen molar-refractivity contribution in [2.45, 2.75) is 13.3 Å². The van der Waals surface area contributed by atoms with E-state index in [0.717, 1.165) is 6.42 Å². The van der Waals surface area contributed by atoms with Gasteiger partial charge in [0.05, 0.1) is 0 Å². The molecule has 0 saturated heterocycles. The van der Waals surface area contributed by atoms with E-state index in [9.17, 15) is 4.57 Å². The Hall–Kier alpha value is 3.98. The molecule has 0 rings (SSSR count). The molecule has 0 amide bonds. The van der Waals surface area contributed by atoms with Crippen LogP contribution in [0.3, 0.4) is 0 Å². The van der Waals surface area contributed by atoms with Crippen LogP contribution in [0.25, 0.3) is 0 Å². The summed E-state index contributed by atoms with van der Waals surface area (Å²) in [5.41, 5.74) is 0. The van der Waals surface area contributed by atoms with E-state index in [-0.39, 0.29) is 124 Å². The Morgan fingerprint density at radius 3 is 2.00 bits per heavy atom. The molecule has 0 fully saturated rings. The summed E-state index contributed by atoms with van der Waals surface area (Å²) in [5.74, 6) is 4.50. The molecule has 0 bridgehead atoms. The summed E-state index contributed by atoms with van der Waals surface area (Å²) in [6, 6.07) is 0. The van der Waals surface area contributed by atoms with Gasteiger partial charge >= 0.3 is 126 Å². The zero-order valence-corrected chi connectivity index (χ0v) is 17.6. The molecule has 0 aliphatic carbocycles. The molecule has 1 atom stereocenters. The molecule has 0 aromatic heterocycles. The minimum atomic E-state index is -2.06. The van der Waals surface area contributed by atoms with Crippen LogP contribution in [0, 0.1) is 0 Å². The first-order valence-electron chi connectivity index (χ1n) is 2.28. The molecular formula is C3H13NNa4O3P+. The molecule has 9 heteroatoms. The first-order chi connectivity index (χ1) is 3.81. The third-order valence-corrected chi connectivity index (χ3v) is 1.05. The van der Waals surface area contributed by atoms with E-state index < -0.39 is 8.25 Å². The van der Waals surface area contributed by atoms with E-state index >= 15 is 0 Å². The van der Waals surface area contributed by atoms with Crippen molar-refractivity contribution >= 4 is 8.25 Å². The average Bonchev–Trinajstić information content (AvgIpc) is 1.83. The Morgan fingerprint density at radius 2 is 1.75 bits per heavy atom. The summed E-state index contributed by atoms with van der Waals surface area (Å²) in [4.78, 5) is 0. The van der Waals surface area contributed by atoms with Gasteiger partial charge in [-0.15, -0.1) is 4.52 Å². The maximum absolute atomic E-state index is 10.1. The summed E-state index contributed by atoms with van der Waals surface area (Å²) in [7, 11) is -2.06. The van der Waals surface area contributed by atoms with Gasteiger partial charge < -0.3 is 5.71 Å². The van der Waals surface area contributed by atoms with Crippen molar-refractivity contribution in [1.29, 1.82) is 0 Å². The molecule has 0 radical (unpaired) electrons. The van der Waals surface area contributed by atoms with Crippen molar-refractivity contribution in [3.8, 4) is 0 Å². The van der Waals surface area contributed by atoms with Crippen LogP contribution < -0.4 is 124 Å². The van der Waals surface area contributed by atoms with Crippen molar-refractivity contribution in [2.75, 3.05) is 6.61 Å². The van der Waals surface area contributed by atoms with Crippen molar-refractivity contribution in [3.05, 3.63) is 0 Å². The average molecular weight is 234 g/mol. The SMILES string of the molecule is CCCO[P+](=O)ON.[H-].[H-].[H-].[H-].[Na+].[Na+].[Na+].[Na+]. The van der Waals surface area contributed by atoms with Crippen LogP contribution in [0.4, 0.5) is 0 Å². The predicted octanol–water partition coefficient (Wildman–Crippen LogP) is -10.6. The minimum Gasteiger partial charge on any atom is -1.00 e. The van der Waals surface area contributed by atoms with E-state index in [4.69, 9.17) is 0 Å². The minimum absolute atomic E-state index is 0. The molecule has 0 aliphatic rings. The molecule has 0 aromatic rings. The molecule has 4 nitrogen and oxygen atoms in total. The van der Waals surface area contributed by atoms with Crippen molar-refractivity contribution < 1.29 is 138 Å². The third-order valence-electron chi connectivity index (χ3n) is 0.487. The van der Waals surface area contributed by atoms with Gasteiger partial charge in [0.1, 0.15) is 6.61 Å². The fraction of sp³-hybridized carbons (Fsp3) is 1.00. The fourth-order valence-corrected chi connectivity index (χ4v) is 0.589. The van der Waals surface area contributed by atoms with Crippen LogP contribution in [0.2, 0.25) is 0 Å². The molecule has 0 heterocycles. The first-order valence-corrected chi connectivity index (χ1v) is 3.37. The third kappa shape index (κ3) is 23.6. The van der Waals surface area contributed by atoms with Gasteiger partial charge in [-0.3, -0.25) is 0 Å². The van der Waals surface area contributed by atoms with Crippen molar-refractivity contribution in [3.63, 3.8) is 0 Å². The molecule has 2 N–H and O–H groups in total. The molecule has 0 spiro atoms. The molecule has 0 aromatic carbocycles. The van der Waals surface area contributed by atoms with Gasteiger partial charge in [0.15, 0.2) is 0 Å². The number of hydrogen-bond acceptors (Lipinski definition) is 4. The van der Waals surface area contributed by atoms with Crippen molar-refractivity contribution in [2.24, 2.45) is 5.90 Å². The quantitative estimate of drug-likeness (QED) is 0.298. The Labute approximate surface area is 168 Å². The molecular weight excluding hydrogens is 221 g/mol. The second-order valence-electron chi connectivity index (χ2n) is 1.16. The first kappa shape index (κ1) is 29.7. The maximum atomic E-state index is 10.1. The second-order valence-corrected chi connectivity index (χ2v) is 2.08. The monoisotopic (exact) mass is 234 g/mol. The number of nitrogens with two attached hydrogens (primary N) is 1. The van der Waals surface area contributed by atoms with Gasteiger partial charge in [-0.05, 0) is 11.0 Å². The Morgan fingerprint density at radius 1 is 1.33 bits per heavy atom. The molecule has 12 heavy (non-hydrogen) atoms. The number of hydrogen-bond donors (Lipinski definition) is 1. The Balaban J connectivity index is -0.00000000875. The van der Waals surface area contributed by atoms with Gasteiger partial charge in [0.25, 0.3) is 0 Å². The van der Waals surface area contributed by atoms with E-state index in [0.29, 0.717) is 6.61 Å². The van der Waals surface area contributed by atoms with E-state index in [1.54, 1.807) is 0 Å². The standard InChI is InChI=1S/C3H9NO3P.4Na.4H/c1-2-3-6-8(5)7-4;;;;;;;;/h2-4H2,1H3;;;;;;;;/q5*+1;4*-1. The van der Waals surface area contributed by atoms with E-state index in [2.05, 4.69) is 15.0 Å². The van der Waals surface area contributed by atoms with Crippen LogP contribution in [-0.2, 0) is 13.7 Å². The van der Waals surface area contributed by atoms with E-state index in [1.165, 1.54) is 0 Å². The van der Waals surface area contributed by atoms with Gasteiger partial charge in [-0.25, -0.2) is 0 Å². The Kier molecular flexibility index (Phi) is 60.2. The zero-order chi connectivity index (χ0) is 6.41. The van der Waals surface area contributed by atoms with Crippen LogP contribution in [-0.4, -0.2) is 6.61 Å². The summed E-state index contributed by atoms with van der Waals surface area (Å²) >= 11 is 0. The zero-order valence-electron chi connectivity index (χ0n) is 12.7. The van der Waals surface area contributed by atoms with Gasteiger partial charge in [-0.1, -0.05) is 6.92 Å². The molecule has 0 saturated carbocycles. The molecule has 0 aliphatic heterocycles. The van der Waals surface area contributed by atoms with Crippen LogP contribution in [0.1, 0.15) is 19.1 Å². The molecule has 1 unspecified atom stereocenters. The normalized spacial score (nSPS) is 7.67. The largest absolute Gasteiger partial charge is 1.00 e. The summed E-state index contributed by atoms with van der Waals surface area (Å²) in [5, 5.41) is 0. The predicted molar refractivity (Wildman–Crippen MR) is 33.6 cm³/mol. The van der Waals surface area contributed by atoms with Crippen molar-refractivity contribution in [1.82, 2.24) is 0 Å². The number of rotatable bonds is 4. The van der Waals surface area contributed by atoms with Crippen LogP contribution in [0.5, 0.6) is 0 Å². The van der Waals surface area contributed by atoms with Gasteiger partial charge in [0, 0.05) is 4.57 Å². The van der Waals surface area contributed by atoms with Gasteiger partial charge in [-0.2, -0.15) is 5.90 Å². The fourth-order valence-electron chi connectivity index (χ4n) is 0.196.